The lowest BCUT2D eigenvalue weighted by Crippen LogP contribution is -2.67. The first-order chi connectivity index (χ1) is 18.2. The Hall–Kier alpha value is -3.39. The number of halogens is 1. The minimum atomic E-state index is -1.61. The minimum absolute atomic E-state index is 0.0711. The molecule has 4 rings (SSSR count). The second-order valence-corrected chi connectivity index (χ2v) is 10.8. The van der Waals surface area contributed by atoms with Gasteiger partial charge < -0.3 is 15.3 Å². The number of aliphatic hydroxyl groups excluding tert-OH is 1. The third-order valence-electron chi connectivity index (χ3n) is 7.19. The van der Waals surface area contributed by atoms with E-state index in [1.54, 1.807) is 11.0 Å². The number of likely N-dealkylation sites (tertiary alicyclic amines) is 1. The Bertz CT molecular complexity index is 1240. The topological polar surface area (TPSA) is 95.4 Å². The first kappa shape index (κ1) is 27.6. The van der Waals surface area contributed by atoms with Gasteiger partial charge in [-0.25, -0.2) is 9.37 Å². The van der Waals surface area contributed by atoms with Crippen LogP contribution in [-0.2, 0) is 11.2 Å². The van der Waals surface area contributed by atoms with Crippen molar-refractivity contribution in [2.75, 3.05) is 13.1 Å². The number of alkyl halides is 1. The normalized spacial score (nSPS) is 16.3. The van der Waals surface area contributed by atoms with Gasteiger partial charge in [-0.2, -0.15) is 0 Å². The van der Waals surface area contributed by atoms with Crippen LogP contribution in [0.3, 0.4) is 0 Å². The molecule has 3 aromatic rings. The van der Waals surface area contributed by atoms with Crippen molar-refractivity contribution in [3.05, 3.63) is 72.1 Å². The molecule has 8 heteroatoms. The molecule has 0 saturated carbocycles. The maximum Gasteiger partial charge on any atom is 0.272 e. The number of amides is 2. The fraction of sp³-hybridized carbons (Fsp3) is 0.467. The molecule has 7 nitrogen and oxygen atoms in total. The molecular formula is C30H37FN4O3. The Morgan fingerprint density at radius 2 is 1.68 bits per heavy atom. The van der Waals surface area contributed by atoms with Crippen LogP contribution < -0.4 is 5.32 Å². The van der Waals surface area contributed by atoms with Crippen molar-refractivity contribution in [1.82, 2.24) is 20.2 Å². The van der Waals surface area contributed by atoms with Crippen molar-refractivity contribution in [2.45, 2.75) is 76.1 Å². The van der Waals surface area contributed by atoms with E-state index in [9.17, 15) is 19.1 Å². The average Bonchev–Trinajstić information content (AvgIpc) is 3.45. The lowest BCUT2D eigenvalue weighted by molar-refractivity contribution is -0.142. The van der Waals surface area contributed by atoms with E-state index >= 15 is 0 Å². The molecule has 2 N–H and O–H groups in total. The van der Waals surface area contributed by atoms with Crippen LogP contribution >= 0.6 is 0 Å². The van der Waals surface area contributed by atoms with Crippen molar-refractivity contribution in [3.63, 3.8) is 0 Å². The Labute approximate surface area is 223 Å². The van der Waals surface area contributed by atoms with E-state index in [0.717, 1.165) is 18.4 Å². The van der Waals surface area contributed by atoms with Crippen LogP contribution in [0.1, 0.15) is 68.4 Å². The maximum atomic E-state index is 14.1. The van der Waals surface area contributed by atoms with Crippen molar-refractivity contribution >= 4 is 22.8 Å². The van der Waals surface area contributed by atoms with Crippen LogP contribution in [0.2, 0.25) is 0 Å². The highest BCUT2D eigenvalue weighted by Crippen LogP contribution is 2.28. The third-order valence-corrected chi connectivity index (χ3v) is 7.19. The lowest BCUT2D eigenvalue weighted by atomic mass is 9.81. The molecule has 1 aliphatic heterocycles. The van der Waals surface area contributed by atoms with Gasteiger partial charge in [-0.15, -0.1) is 0 Å². The number of nitrogens with zero attached hydrogens (tertiary/aromatic N) is 3. The van der Waals surface area contributed by atoms with Crippen LogP contribution in [-0.4, -0.2) is 62.2 Å². The zero-order chi connectivity index (χ0) is 27.2. The highest BCUT2D eigenvalue weighted by molar-refractivity contribution is 5.99. The Kier molecular flexibility index (Phi) is 8.72. The Morgan fingerprint density at radius 1 is 1.03 bits per heavy atom. The summed E-state index contributed by atoms with van der Waals surface area (Å²) in [6.07, 6.45) is 3.74. The highest BCUT2D eigenvalue weighted by atomic mass is 19.1. The van der Waals surface area contributed by atoms with Gasteiger partial charge in [-0.3, -0.25) is 14.6 Å². The minimum Gasteiger partial charge on any atom is -0.390 e. The molecule has 0 spiro atoms. The van der Waals surface area contributed by atoms with Gasteiger partial charge >= 0.3 is 0 Å². The second kappa shape index (κ2) is 12.0. The van der Waals surface area contributed by atoms with E-state index in [2.05, 4.69) is 15.3 Å². The molecule has 1 saturated heterocycles. The molecule has 2 amide bonds. The number of nitrogens with one attached hydrogen (secondary N) is 1. The molecule has 2 atom stereocenters. The third kappa shape index (κ3) is 6.72. The summed E-state index contributed by atoms with van der Waals surface area (Å²) in [5.74, 6) is -0.880. The van der Waals surface area contributed by atoms with Crippen molar-refractivity contribution < 1.29 is 19.1 Å². The van der Waals surface area contributed by atoms with Gasteiger partial charge in [0.2, 0.25) is 0 Å². The van der Waals surface area contributed by atoms with E-state index in [1.807, 2.05) is 48.5 Å². The number of rotatable bonds is 11. The number of aliphatic hydroxyl groups is 1. The Morgan fingerprint density at radius 3 is 2.37 bits per heavy atom. The summed E-state index contributed by atoms with van der Waals surface area (Å²) in [5, 5.41) is 14.6. The van der Waals surface area contributed by atoms with Crippen molar-refractivity contribution in [1.29, 1.82) is 0 Å². The summed E-state index contributed by atoms with van der Waals surface area (Å²) in [6.45, 7) is 4.21. The summed E-state index contributed by atoms with van der Waals surface area (Å²) < 4.78 is 14.0. The highest BCUT2D eigenvalue weighted by Gasteiger charge is 2.49. The number of benzene rings is 2. The Balaban J connectivity index is 1.68. The zero-order valence-corrected chi connectivity index (χ0v) is 22.2. The van der Waals surface area contributed by atoms with Crippen molar-refractivity contribution in [3.8, 4) is 0 Å². The molecule has 202 valence electrons. The van der Waals surface area contributed by atoms with Crippen molar-refractivity contribution in [2.24, 2.45) is 0 Å². The number of carbonyl (C=O) groups is 2. The molecule has 0 aliphatic carbocycles. The van der Waals surface area contributed by atoms with E-state index < -0.39 is 23.2 Å². The zero-order valence-electron chi connectivity index (χ0n) is 22.2. The van der Waals surface area contributed by atoms with Gasteiger partial charge in [-0.1, -0.05) is 55.3 Å². The van der Waals surface area contributed by atoms with Gasteiger partial charge in [0, 0.05) is 19.5 Å². The number of para-hydroxylation sites is 2. The number of carbonyl (C=O) groups excluding carboxylic acids is 2. The molecule has 2 aromatic carbocycles. The standard InChI is InChI=1S/C30H37FN4O3/c1-29(2,31)17-9-8-16-26(36)30(20-22-12-4-3-5-13-22,28(38)35-18-10-11-19-35)34-27(37)25-21-32-23-14-6-7-15-24(23)33-25/h3-7,12-15,21,26,36H,8-11,16-20H2,1-2H3,(H,34,37)/t26-,30-/m0/s1. The largest absolute Gasteiger partial charge is 0.390 e. The van der Waals surface area contributed by atoms with E-state index in [4.69, 9.17) is 0 Å². The number of aromatic nitrogens is 2. The molecule has 2 heterocycles. The van der Waals surface area contributed by atoms with Gasteiger partial charge in [0.1, 0.15) is 16.9 Å². The van der Waals surface area contributed by atoms with Gasteiger partial charge in [0.05, 0.1) is 23.3 Å². The van der Waals surface area contributed by atoms with Gasteiger partial charge in [-0.05, 0) is 57.2 Å². The summed E-state index contributed by atoms with van der Waals surface area (Å²) in [6, 6.07) is 16.6. The van der Waals surface area contributed by atoms with E-state index in [0.29, 0.717) is 43.4 Å². The van der Waals surface area contributed by atoms with Crippen LogP contribution in [0.4, 0.5) is 4.39 Å². The molecule has 0 bridgehead atoms. The number of fused-ring (bicyclic) bond motifs is 1. The summed E-state index contributed by atoms with van der Waals surface area (Å²) in [4.78, 5) is 38.3. The maximum absolute atomic E-state index is 14.1. The molecule has 0 radical (unpaired) electrons. The quantitative estimate of drug-likeness (QED) is 0.360. The summed E-state index contributed by atoms with van der Waals surface area (Å²) >= 11 is 0. The fourth-order valence-corrected chi connectivity index (χ4v) is 5.10. The SMILES string of the molecule is CC(C)(F)CCCC[C@H](O)[C@](Cc1ccccc1)(NC(=O)c1cnc2ccccc2n1)C(=O)N1CCCC1. The van der Waals surface area contributed by atoms with E-state index in [-0.39, 0.29) is 24.4 Å². The predicted octanol–water partition coefficient (Wildman–Crippen LogP) is 4.63. The lowest BCUT2D eigenvalue weighted by Gasteiger charge is -2.40. The van der Waals surface area contributed by atoms with E-state index in [1.165, 1.54) is 20.0 Å². The van der Waals surface area contributed by atoms with Crippen LogP contribution in [0.5, 0.6) is 0 Å². The van der Waals surface area contributed by atoms with Gasteiger partial charge in [0.25, 0.3) is 11.8 Å². The summed E-state index contributed by atoms with van der Waals surface area (Å²) in [7, 11) is 0. The van der Waals surface area contributed by atoms with Crippen LogP contribution in [0.15, 0.2) is 60.8 Å². The summed E-state index contributed by atoms with van der Waals surface area (Å²) in [5.41, 5.74) is -0.810. The first-order valence-electron chi connectivity index (χ1n) is 13.4. The smallest absolute Gasteiger partial charge is 0.272 e. The average molecular weight is 521 g/mol. The number of hydrogen-bond acceptors (Lipinski definition) is 5. The second-order valence-electron chi connectivity index (χ2n) is 10.8. The number of unbranched alkanes of at least 4 members (excludes halogenated alkanes) is 1. The fourth-order valence-electron chi connectivity index (χ4n) is 5.10. The molecule has 1 fully saturated rings. The molecule has 1 aromatic heterocycles. The molecular weight excluding hydrogens is 483 g/mol. The number of hydrogen-bond donors (Lipinski definition) is 2. The first-order valence-corrected chi connectivity index (χ1v) is 13.4. The van der Waals surface area contributed by atoms with Crippen LogP contribution in [0, 0.1) is 0 Å². The van der Waals surface area contributed by atoms with Gasteiger partial charge in [0.15, 0.2) is 0 Å². The molecule has 1 aliphatic rings. The molecule has 0 unspecified atom stereocenters. The predicted molar refractivity (Wildman–Crippen MR) is 145 cm³/mol. The van der Waals surface area contributed by atoms with Crippen LogP contribution in [0.25, 0.3) is 11.0 Å². The molecule has 38 heavy (non-hydrogen) atoms. The monoisotopic (exact) mass is 520 g/mol.